The standard InChI is InChI=1S/C15H18.7C11H14.C10H12.CH4/c1-3-10-5-8(1)12-7-13-9-2-4-11(6-9)15(13)14(10)12;7*1-7-2-5-10-8-3-4-9(6-8)11(7)10;1-2-9-7-4-5-8(6-7)10(9)3-1;/h1-4,8-15H,5-7H2;7*2-5,7-11H,6H2,1H3;1-2,4-5,7-10H,3,6H2;1H4. The van der Waals surface area contributed by atoms with Gasteiger partial charge in [-0.2, -0.15) is 0 Å². The van der Waals surface area contributed by atoms with Crippen LogP contribution in [0, 0.1) is 278 Å². The van der Waals surface area contributed by atoms with Gasteiger partial charge >= 0.3 is 0 Å². The van der Waals surface area contributed by atoms with Crippen LogP contribution in [0.3, 0.4) is 0 Å². The molecule has 0 saturated heterocycles. The Kier molecular flexibility index (Phi) is 17.5. The molecular weight excluding hydrogens is 1240 g/mol. The summed E-state index contributed by atoms with van der Waals surface area (Å²) in [5, 5.41) is 0. The van der Waals surface area contributed by atoms with Gasteiger partial charge in [-0.1, -0.05) is 275 Å². The first kappa shape index (κ1) is 67.7. The molecule has 0 radical (unpaired) electrons. The number of rotatable bonds is 0. The van der Waals surface area contributed by atoms with Gasteiger partial charge in [0.25, 0.3) is 0 Å². The maximum atomic E-state index is 2.56. The molecule has 20 bridgehead atoms. The molecule has 0 spiro atoms. The van der Waals surface area contributed by atoms with E-state index in [0.29, 0.717) is 0 Å². The number of hydrogen-bond donors (Lipinski definition) is 0. The van der Waals surface area contributed by atoms with Crippen molar-refractivity contribution in [3.05, 3.63) is 219 Å². The fraction of sp³-hybridized carbons (Fsp3) is 0.650. The monoisotopic (exact) mass is 1370 g/mol. The van der Waals surface area contributed by atoms with Crippen LogP contribution in [0.25, 0.3) is 0 Å². The van der Waals surface area contributed by atoms with Crippen molar-refractivity contribution in [3.63, 3.8) is 0 Å². The first-order chi connectivity index (χ1) is 49.9. The van der Waals surface area contributed by atoms with Crippen LogP contribution in [-0.4, -0.2) is 0 Å². The Morgan fingerprint density at radius 1 is 0.146 bits per heavy atom. The fourth-order valence-electron chi connectivity index (χ4n) is 32.4. The largest absolute Gasteiger partial charge is 0.0879 e. The topological polar surface area (TPSA) is 0 Å². The van der Waals surface area contributed by atoms with Crippen LogP contribution < -0.4 is 0 Å². The highest BCUT2D eigenvalue weighted by molar-refractivity contribution is 5.32. The van der Waals surface area contributed by atoms with E-state index >= 15 is 0 Å². The first-order valence-electron chi connectivity index (χ1n) is 44.2. The van der Waals surface area contributed by atoms with E-state index in [2.05, 4.69) is 267 Å². The second kappa shape index (κ2) is 26.6. The Morgan fingerprint density at radius 3 is 0.544 bits per heavy atom. The van der Waals surface area contributed by atoms with Gasteiger partial charge < -0.3 is 0 Å². The summed E-state index contributed by atoms with van der Waals surface area (Å²) in [6.45, 7) is 16.6. The predicted octanol–water partition coefficient (Wildman–Crippen LogP) is 24.7. The molecule has 103 heavy (non-hydrogen) atoms. The molecule has 0 aliphatic heterocycles. The molecular formula is C103H132. The lowest BCUT2D eigenvalue weighted by molar-refractivity contribution is 0.238. The van der Waals surface area contributed by atoms with Gasteiger partial charge in [-0.15, -0.1) is 0 Å². The molecule has 0 amide bonds. The minimum atomic E-state index is 0. The number of hydrogen-bond acceptors (Lipinski definition) is 0. The summed E-state index contributed by atoms with van der Waals surface area (Å²) in [7, 11) is 0. The third kappa shape index (κ3) is 11.1. The zero-order valence-corrected chi connectivity index (χ0v) is 63.4. The smallest absolute Gasteiger partial charge is 0.0131 e. The lowest BCUT2D eigenvalue weighted by atomic mass is 9.75. The molecule has 47 atom stereocenters. The highest BCUT2D eigenvalue weighted by Crippen LogP contribution is 2.69. The van der Waals surface area contributed by atoms with Crippen molar-refractivity contribution in [3.8, 4) is 0 Å². The van der Waals surface area contributed by atoms with Gasteiger partial charge in [0.2, 0.25) is 0 Å². The fourth-order valence-corrected chi connectivity index (χ4v) is 32.4. The molecule has 29 rings (SSSR count). The average Bonchev–Trinajstić information content (AvgIpc) is 1.54. The summed E-state index contributed by atoms with van der Waals surface area (Å²) in [5.41, 5.74) is 0. The van der Waals surface area contributed by atoms with E-state index in [-0.39, 0.29) is 7.43 Å². The second-order valence-electron chi connectivity index (χ2n) is 40.9. The van der Waals surface area contributed by atoms with E-state index in [1.165, 1.54) is 70.6 Å². The SMILES string of the molecule is C.C1=CC2C3C=CC(C3)C2C1.C1=CC2CC1C1CC3C4C=CC(C4)C3C21.CC1C=CC2C3C=CC(C3)C12.CC1C=CC2C3C=CC(C3)C12.CC1C=CC2C3C=CC(C3)C12.CC1C=CC2C3C=CC(C3)C12.CC1C=CC2C3C=CC(C3)C12.CC1C=CC2C3C=CC(C3)C12.CC1C=CC2C3C=CC(C3)C12. The number of fused-ring (bicyclic) bond motifs is 51. The molecule has 544 valence electrons. The number of allylic oxidation sites excluding steroid dienone is 36. The van der Waals surface area contributed by atoms with Gasteiger partial charge in [0.05, 0.1) is 0 Å². The highest BCUT2D eigenvalue weighted by Gasteiger charge is 2.62. The van der Waals surface area contributed by atoms with Crippen molar-refractivity contribution in [1.82, 2.24) is 0 Å². The van der Waals surface area contributed by atoms with Crippen molar-refractivity contribution in [2.45, 2.75) is 133 Å². The third-order valence-corrected chi connectivity index (χ3v) is 36.6. The van der Waals surface area contributed by atoms with Crippen LogP contribution >= 0.6 is 0 Å². The molecule has 29 aliphatic carbocycles. The van der Waals surface area contributed by atoms with Gasteiger partial charge in [0.1, 0.15) is 0 Å². The van der Waals surface area contributed by atoms with E-state index in [4.69, 9.17) is 0 Å². The predicted molar refractivity (Wildman–Crippen MR) is 430 cm³/mol. The zero-order chi connectivity index (χ0) is 68.1. The summed E-state index contributed by atoms with van der Waals surface area (Å²) in [4.78, 5) is 0. The van der Waals surface area contributed by atoms with Crippen LogP contribution in [0.2, 0.25) is 0 Å². The van der Waals surface area contributed by atoms with Crippen LogP contribution in [0.5, 0.6) is 0 Å². The Labute approximate surface area is 625 Å². The van der Waals surface area contributed by atoms with E-state index in [1.807, 2.05) is 0 Å². The van der Waals surface area contributed by atoms with E-state index in [1.54, 1.807) is 6.42 Å². The van der Waals surface area contributed by atoms with Crippen LogP contribution in [0.4, 0.5) is 0 Å². The van der Waals surface area contributed by atoms with Crippen molar-refractivity contribution in [2.75, 3.05) is 0 Å². The van der Waals surface area contributed by atoms with Gasteiger partial charge in [0.15, 0.2) is 0 Å². The minimum Gasteiger partial charge on any atom is -0.0879 e. The maximum absolute atomic E-state index is 2.56. The van der Waals surface area contributed by atoms with Gasteiger partial charge in [-0.3, -0.25) is 0 Å². The van der Waals surface area contributed by atoms with E-state index in [9.17, 15) is 0 Å². The van der Waals surface area contributed by atoms with Crippen molar-refractivity contribution >= 4 is 0 Å². The molecule has 0 nitrogen and oxygen atoms in total. The van der Waals surface area contributed by atoms with Gasteiger partial charge in [0, 0.05) is 0 Å². The normalized spacial score (nSPS) is 57.9. The Morgan fingerprint density at radius 2 is 0.320 bits per heavy atom. The van der Waals surface area contributed by atoms with Crippen LogP contribution in [0.15, 0.2) is 219 Å². The Balaban J connectivity index is 0.0000000775. The van der Waals surface area contributed by atoms with Crippen molar-refractivity contribution in [2.24, 2.45) is 278 Å². The molecule has 0 aromatic carbocycles. The van der Waals surface area contributed by atoms with Crippen molar-refractivity contribution in [1.29, 1.82) is 0 Å². The summed E-state index contributed by atoms with van der Waals surface area (Å²) in [5.74, 6) is 44.2. The van der Waals surface area contributed by atoms with Gasteiger partial charge in [-0.25, -0.2) is 0 Å². The van der Waals surface area contributed by atoms with E-state index in [0.717, 1.165) is 278 Å². The molecule has 0 aromatic heterocycles. The lowest BCUT2D eigenvalue weighted by Gasteiger charge is -2.29. The summed E-state index contributed by atoms with van der Waals surface area (Å²) in [6, 6.07) is 0. The summed E-state index contributed by atoms with van der Waals surface area (Å²) in [6.07, 6.45) is 106. The Hall–Kier alpha value is -4.68. The summed E-state index contributed by atoms with van der Waals surface area (Å²) >= 11 is 0. The van der Waals surface area contributed by atoms with Gasteiger partial charge in [-0.05, 0) is 355 Å². The quantitative estimate of drug-likeness (QED) is 0.212. The average molecular weight is 1370 g/mol. The molecule has 47 unspecified atom stereocenters. The second-order valence-corrected chi connectivity index (χ2v) is 40.9. The van der Waals surface area contributed by atoms with Crippen LogP contribution in [0.1, 0.15) is 133 Å². The molecule has 11 fully saturated rings. The molecule has 0 heteroatoms. The molecule has 29 aliphatic rings. The minimum absolute atomic E-state index is 0. The van der Waals surface area contributed by atoms with E-state index < -0.39 is 0 Å². The molecule has 0 N–H and O–H groups in total. The molecule has 0 heterocycles. The summed E-state index contributed by atoms with van der Waals surface area (Å²) < 4.78 is 0. The zero-order valence-electron chi connectivity index (χ0n) is 63.4. The third-order valence-electron chi connectivity index (χ3n) is 36.6. The van der Waals surface area contributed by atoms with Crippen molar-refractivity contribution < 1.29 is 0 Å². The Bertz CT molecular complexity index is 3230. The molecule has 11 saturated carbocycles. The molecule has 0 aromatic rings. The first-order valence-corrected chi connectivity index (χ1v) is 44.2. The van der Waals surface area contributed by atoms with Crippen LogP contribution in [-0.2, 0) is 0 Å². The highest BCUT2D eigenvalue weighted by atomic mass is 14.7. The lowest BCUT2D eigenvalue weighted by Crippen LogP contribution is -2.24. The maximum Gasteiger partial charge on any atom is -0.0131 e.